The van der Waals surface area contributed by atoms with Gasteiger partial charge < -0.3 is 5.32 Å². The summed E-state index contributed by atoms with van der Waals surface area (Å²) in [6.45, 7) is 29.8. The Balaban J connectivity index is -0.000000172. The molecule has 1 nitrogen and oxygen atoms in total. The van der Waals surface area contributed by atoms with Crippen LogP contribution in [0, 0.1) is 17.8 Å². The van der Waals surface area contributed by atoms with Crippen molar-refractivity contribution < 1.29 is 0 Å². The van der Waals surface area contributed by atoms with E-state index in [-0.39, 0.29) is 0 Å². The number of unbranched alkanes of at least 4 members (excludes halogenated alkanes) is 3. The van der Waals surface area contributed by atoms with Gasteiger partial charge in [-0.15, -0.1) is 6.58 Å². The lowest BCUT2D eigenvalue weighted by Crippen LogP contribution is -2.18. The van der Waals surface area contributed by atoms with Crippen LogP contribution in [-0.4, -0.2) is 13.1 Å². The van der Waals surface area contributed by atoms with E-state index in [0.29, 0.717) is 5.92 Å². The van der Waals surface area contributed by atoms with E-state index in [0.717, 1.165) is 31.3 Å². The predicted molar refractivity (Wildman–Crippen MR) is 150 cm³/mol. The summed E-state index contributed by atoms with van der Waals surface area (Å²) < 4.78 is 0. The predicted octanol–water partition coefficient (Wildman–Crippen LogP) is 10.4. The Bertz CT molecular complexity index is 361. The Kier molecular flexibility index (Phi) is 40.9. The van der Waals surface area contributed by atoms with E-state index in [1.165, 1.54) is 50.5 Å². The Morgan fingerprint density at radius 3 is 1.71 bits per heavy atom. The van der Waals surface area contributed by atoms with Gasteiger partial charge >= 0.3 is 0 Å². The largest absolute Gasteiger partial charge is 0.313 e. The van der Waals surface area contributed by atoms with E-state index in [1.807, 2.05) is 19.9 Å². The summed E-state index contributed by atoms with van der Waals surface area (Å²) in [5.74, 6) is 2.35. The molecule has 31 heavy (non-hydrogen) atoms. The minimum absolute atomic E-state index is 0.641. The fraction of sp³-hybridized carbons (Fsp3) is 0.800. The van der Waals surface area contributed by atoms with Gasteiger partial charge in [0.25, 0.3) is 0 Å². The molecule has 0 aromatic carbocycles. The Morgan fingerprint density at radius 2 is 1.45 bits per heavy atom. The highest BCUT2D eigenvalue weighted by Gasteiger charge is 2.03. The summed E-state index contributed by atoms with van der Waals surface area (Å²) in [6.07, 6.45) is 19.2. The van der Waals surface area contributed by atoms with Crippen molar-refractivity contribution in [3.8, 4) is 0 Å². The zero-order valence-corrected chi connectivity index (χ0v) is 23.8. The monoisotopic (exact) mass is 437 g/mol. The first kappa shape index (κ1) is 37.5. The van der Waals surface area contributed by atoms with Crippen molar-refractivity contribution in [1.82, 2.24) is 5.32 Å². The highest BCUT2D eigenvalue weighted by Crippen LogP contribution is 2.13. The van der Waals surface area contributed by atoms with E-state index >= 15 is 0 Å². The fourth-order valence-electron chi connectivity index (χ4n) is 2.28. The second-order valence-corrected chi connectivity index (χ2v) is 8.93. The van der Waals surface area contributed by atoms with Gasteiger partial charge in [-0.05, 0) is 42.7 Å². The van der Waals surface area contributed by atoms with E-state index in [9.17, 15) is 0 Å². The van der Waals surface area contributed by atoms with Crippen LogP contribution in [-0.2, 0) is 0 Å². The van der Waals surface area contributed by atoms with E-state index in [4.69, 9.17) is 0 Å². The third-order valence-corrected chi connectivity index (χ3v) is 4.45. The van der Waals surface area contributed by atoms with Crippen molar-refractivity contribution in [2.24, 2.45) is 17.8 Å². The topological polar surface area (TPSA) is 12.0 Å². The van der Waals surface area contributed by atoms with Gasteiger partial charge in [0.1, 0.15) is 0 Å². The summed E-state index contributed by atoms with van der Waals surface area (Å²) in [5.41, 5.74) is 1.44. The van der Waals surface area contributed by atoms with Crippen LogP contribution in [0.3, 0.4) is 0 Å². The first-order valence-electron chi connectivity index (χ1n) is 13.5. The van der Waals surface area contributed by atoms with E-state index < -0.39 is 0 Å². The zero-order valence-electron chi connectivity index (χ0n) is 23.8. The second kappa shape index (κ2) is 33.8. The molecule has 0 amide bonds. The summed E-state index contributed by atoms with van der Waals surface area (Å²) in [5, 5.41) is 3.46. The van der Waals surface area contributed by atoms with E-state index in [2.05, 4.69) is 92.4 Å². The molecule has 1 rings (SSSR count). The fourth-order valence-corrected chi connectivity index (χ4v) is 2.28. The number of nitrogens with one attached hydrogen (secondary N) is 1. The molecule has 188 valence electrons. The van der Waals surface area contributed by atoms with Gasteiger partial charge in [0.2, 0.25) is 0 Å². The van der Waals surface area contributed by atoms with Gasteiger partial charge in [0.05, 0.1) is 0 Å². The lowest BCUT2D eigenvalue weighted by atomic mass is 10.1. The molecular weight excluding hydrogens is 374 g/mol. The summed E-state index contributed by atoms with van der Waals surface area (Å²) in [4.78, 5) is 0. The Hall–Kier alpha value is -0.820. The maximum absolute atomic E-state index is 3.55. The third kappa shape index (κ3) is 43.8. The van der Waals surface area contributed by atoms with Gasteiger partial charge in [-0.3, -0.25) is 0 Å². The average molecular weight is 438 g/mol. The second-order valence-electron chi connectivity index (χ2n) is 8.93. The molecule has 1 aliphatic carbocycles. The van der Waals surface area contributed by atoms with Crippen molar-refractivity contribution in [2.45, 2.75) is 128 Å². The number of hydrogen-bond acceptors (Lipinski definition) is 1. The van der Waals surface area contributed by atoms with Crippen molar-refractivity contribution >= 4 is 0 Å². The maximum atomic E-state index is 3.55. The van der Waals surface area contributed by atoms with Crippen LogP contribution in [0.4, 0.5) is 0 Å². The molecule has 0 aliphatic heterocycles. The maximum Gasteiger partial charge on any atom is 0.0202 e. The summed E-state index contributed by atoms with van der Waals surface area (Å²) in [6, 6.07) is 0. The highest BCUT2D eigenvalue weighted by molar-refractivity contribution is 5.29. The van der Waals surface area contributed by atoms with Crippen LogP contribution in [0.25, 0.3) is 0 Å². The molecule has 0 saturated carbocycles. The lowest BCUT2D eigenvalue weighted by Gasteiger charge is -2.06. The molecule has 1 aliphatic rings. The number of rotatable bonds is 11. The number of hydrogen-bond donors (Lipinski definition) is 1. The van der Waals surface area contributed by atoms with Gasteiger partial charge in [-0.1, -0.05) is 139 Å². The first-order chi connectivity index (χ1) is 14.8. The van der Waals surface area contributed by atoms with Crippen LogP contribution in [0.5, 0.6) is 0 Å². The van der Waals surface area contributed by atoms with Gasteiger partial charge in [0, 0.05) is 6.54 Å². The normalized spacial score (nSPS) is 13.6. The lowest BCUT2D eigenvalue weighted by molar-refractivity contribution is 0.550. The van der Waals surface area contributed by atoms with Crippen molar-refractivity contribution in [3.05, 3.63) is 36.5 Å². The van der Waals surface area contributed by atoms with Crippen LogP contribution < -0.4 is 5.32 Å². The molecule has 0 fully saturated rings. The van der Waals surface area contributed by atoms with Crippen molar-refractivity contribution in [3.63, 3.8) is 0 Å². The Morgan fingerprint density at radius 1 is 0.903 bits per heavy atom. The van der Waals surface area contributed by atoms with Gasteiger partial charge in [-0.25, -0.2) is 0 Å². The van der Waals surface area contributed by atoms with Crippen LogP contribution in [0.15, 0.2) is 36.5 Å². The molecule has 1 N–H and O–H groups in total. The molecule has 1 atom stereocenters. The molecule has 0 heterocycles. The van der Waals surface area contributed by atoms with Crippen molar-refractivity contribution in [2.75, 3.05) is 13.1 Å². The molecule has 0 aromatic heterocycles. The average Bonchev–Trinajstić information content (AvgIpc) is 3.17. The number of allylic oxidation sites excluding steroid dienone is 3. The highest BCUT2D eigenvalue weighted by atomic mass is 14.8. The van der Waals surface area contributed by atoms with Crippen LogP contribution in [0.2, 0.25) is 0 Å². The molecular formula is C30H63N. The van der Waals surface area contributed by atoms with Crippen LogP contribution in [0.1, 0.15) is 128 Å². The molecule has 0 aromatic rings. The molecule has 1 heteroatoms. The van der Waals surface area contributed by atoms with Crippen molar-refractivity contribution in [1.29, 1.82) is 0 Å². The smallest absolute Gasteiger partial charge is 0.0202 e. The minimum atomic E-state index is 0.641. The molecule has 0 spiro atoms. The molecule has 1 unspecified atom stereocenters. The standard InChI is InChI=1S/C12H21N.C7H16.C5H10.C4H10.C2H6/c1-10(2)6-7-13-9-12-5-4-11(3)8-12;1-4-5-6-7(2)3;1-3-5-4-2;1-3-4-2;1-2/h4-5,8,10-11,13H,6-7,9H2,1-3H3;7H,4-6H2,1-3H3;3H,1,4-5H2,2H3;3-4H2,1-2H3;1-2H3. The Labute approximate surface area is 200 Å². The molecule has 0 saturated heterocycles. The zero-order chi connectivity index (χ0) is 24.9. The first-order valence-corrected chi connectivity index (χ1v) is 13.5. The minimum Gasteiger partial charge on any atom is -0.313 e. The van der Waals surface area contributed by atoms with Gasteiger partial charge in [0.15, 0.2) is 0 Å². The molecule has 0 radical (unpaired) electrons. The molecule has 0 bridgehead atoms. The SMILES string of the molecule is C=CCCC.CC.CC1C=CC(CNCCC(C)C)=C1.CCCC.CCCCC(C)C. The quantitative estimate of drug-likeness (QED) is 0.250. The summed E-state index contributed by atoms with van der Waals surface area (Å²) >= 11 is 0. The van der Waals surface area contributed by atoms with E-state index in [1.54, 1.807) is 0 Å². The summed E-state index contributed by atoms with van der Waals surface area (Å²) in [7, 11) is 0. The van der Waals surface area contributed by atoms with Gasteiger partial charge in [-0.2, -0.15) is 0 Å². The van der Waals surface area contributed by atoms with Crippen LogP contribution >= 0.6 is 0 Å². The third-order valence-electron chi connectivity index (χ3n) is 4.45.